The lowest BCUT2D eigenvalue weighted by molar-refractivity contribution is -0.118. The summed E-state index contributed by atoms with van der Waals surface area (Å²) in [5.41, 5.74) is 2.17. The number of ether oxygens (including phenoxy) is 1. The number of carbonyl (C=O) groups excluding carboxylic acids is 1. The lowest BCUT2D eigenvalue weighted by atomic mass is 9.52. The number of hydrogen-bond donors (Lipinski definition) is 1. The van der Waals surface area contributed by atoms with Crippen LogP contribution in [0.1, 0.15) is 57.9 Å². The zero-order valence-electron chi connectivity index (χ0n) is 16.6. The third-order valence-electron chi connectivity index (χ3n) is 8.31. The van der Waals surface area contributed by atoms with Gasteiger partial charge in [0.2, 0.25) is 5.91 Å². The van der Waals surface area contributed by atoms with Gasteiger partial charge >= 0.3 is 0 Å². The Labute approximate surface area is 161 Å². The van der Waals surface area contributed by atoms with Gasteiger partial charge in [-0.25, -0.2) is 0 Å². The third-order valence-corrected chi connectivity index (χ3v) is 8.31. The van der Waals surface area contributed by atoms with E-state index >= 15 is 0 Å². The Balaban J connectivity index is 1.77. The minimum atomic E-state index is -0.0561. The molecule has 2 saturated heterocycles. The summed E-state index contributed by atoms with van der Waals surface area (Å²) >= 11 is 0. The summed E-state index contributed by atoms with van der Waals surface area (Å²) in [5, 5.41) is 11.0. The van der Waals surface area contributed by atoms with Crippen molar-refractivity contribution >= 4 is 11.6 Å². The van der Waals surface area contributed by atoms with Gasteiger partial charge in [0.25, 0.3) is 0 Å². The van der Waals surface area contributed by atoms with Gasteiger partial charge in [-0.3, -0.25) is 9.69 Å². The Bertz CT molecular complexity index is 809. The highest BCUT2D eigenvalue weighted by Gasteiger charge is 2.68. The van der Waals surface area contributed by atoms with Crippen molar-refractivity contribution in [1.82, 2.24) is 4.90 Å². The van der Waals surface area contributed by atoms with Crippen LogP contribution in [-0.2, 0) is 10.2 Å². The predicted octanol–water partition coefficient (Wildman–Crippen LogP) is 3.43. The van der Waals surface area contributed by atoms with Crippen molar-refractivity contribution in [2.75, 3.05) is 25.1 Å². The van der Waals surface area contributed by atoms with Crippen LogP contribution in [0, 0.1) is 5.41 Å². The number of amides is 1. The van der Waals surface area contributed by atoms with Crippen LogP contribution >= 0.6 is 0 Å². The average molecular weight is 370 g/mol. The number of phenolic OH excluding ortho intramolecular Hbond substituents is 1. The van der Waals surface area contributed by atoms with Crippen LogP contribution in [0.2, 0.25) is 0 Å². The summed E-state index contributed by atoms with van der Waals surface area (Å²) in [7, 11) is 1.57. The maximum absolute atomic E-state index is 12.8. The highest BCUT2D eigenvalue weighted by atomic mass is 16.5. The molecule has 0 aromatic heterocycles. The average Bonchev–Trinajstić information content (AvgIpc) is 3.20. The fraction of sp³-hybridized carbons (Fsp3) is 0.682. The number of carbonyl (C=O) groups is 1. The Morgan fingerprint density at radius 3 is 2.81 bits per heavy atom. The van der Waals surface area contributed by atoms with E-state index in [2.05, 4.69) is 17.9 Å². The number of hydrogen-bond acceptors (Lipinski definition) is 4. The van der Waals surface area contributed by atoms with E-state index in [-0.39, 0.29) is 23.1 Å². The molecule has 27 heavy (non-hydrogen) atoms. The number of methoxy groups -OCH3 is 1. The van der Waals surface area contributed by atoms with Crippen LogP contribution in [-0.4, -0.2) is 48.2 Å². The van der Waals surface area contributed by atoms with Crippen molar-refractivity contribution in [2.45, 2.75) is 69.9 Å². The van der Waals surface area contributed by atoms with Crippen LogP contribution in [0.5, 0.6) is 11.5 Å². The first kappa shape index (κ1) is 17.4. The molecule has 0 radical (unpaired) electrons. The molecule has 1 N–H and O–H groups in total. The van der Waals surface area contributed by atoms with Gasteiger partial charge in [-0.15, -0.1) is 0 Å². The Morgan fingerprint density at radius 2 is 2.11 bits per heavy atom. The van der Waals surface area contributed by atoms with Crippen LogP contribution in [0.3, 0.4) is 0 Å². The van der Waals surface area contributed by atoms with Gasteiger partial charge in [0, 0.05) is 24.4 Å². The maximum atomic E-state index is 12.8. The molecular weight excluding hydrogens is 340 g/mol. The summed E-state index contributed by atoms with van der Waals surface area (Å²) in [6, 6.07) is 4.64. The minimum absolute atomic E-state index is 0.0277. The van der Waals surface area contributed by atoms with Crippen molar-refractivity contribution in [3.63, 3.8) is 0 Å². The second kappa shape index (κ2) is 5.63. The number of anilines is 1. The highest BCUT2D eigenvalue weighted by molar-refractivity contribution is 5.98. The molecule has 4 atom stereocenters. The van der Waals surface area contributed by atoms with Crippen LogP contribution in [0.25, 0.3) is 0 Å². The number of fused-ring (bicyclic) bond motifs is 1. The Hall–Kier alpha value is -1.75. The smallest absolute Gasteiger partial charge is 0.224 e. The van der Waals surface area contributed by atoms with E-state index in [0.717, 1.165) is 19.4 Å². The van der Waals surface area contributed by atoms with E-state index < -0.39 is 0 Å². The van der Waals surface area contributed by atoms with Crippen molar-refractivity contribution in [3.05, 3.63) is 17.7 Å². The molecule has 146 valence electrons. The topological polar surface area (TPSA) is 53.0 Å². The number of piperidine rings is 1. The van der Waals surface area contributed by atoms with E-state index in [0.29, 0.717) is 22.9 Å². The van der Waals surface area contributed by atoms with Crippen LogP contribution in [0.15, 0.2) is 12.1 Å². The quantitative estimate of drug-likeness (QED) is 0.867. The molecule has 3 fully saturated rings. The summed E-state index contributed by atoms with van der Waals surface area (Å²) in [6.45, 7) is 6.25. The first-order valence-electron chi connectivity index (χ1n) is 10.4. The van der Waals surface area contributed by atoms with Crippen LogP contribution < -0.4 is 9.64 Å². The van der Waals surface area contributed by atoms with Gasteiger partial charge in [0.05, 0.1) is 12.8 Å². The third kappa shape index (κ3) is 1.91. The Kier molecular flexibility index (Phi) is 3.62. The van der Waals surface area contributed by atoms with Gasteiger partial charge in [0.1, 0.15) is 0 Å². The molecule has 0 bridgehead atoms. The molecule has 4 aliphatic rings. The van der Waals surface area contributed by atoms with Gasteiger partial charge in [-0.05, 0) is 68.7 Å². The first-order chi connectivity index (χ1) is 13.0. The number of nitrogens with zero attached hydrogens (tertiary/aromatic N) is 2. The van der Waals surface area contributed by atoms with E-state index in [4.69, 9.17) is 4.74 Å². The molecule has 5 nitrogen and oxygen atoms in total. The molecular formula is C22H30N2O3. The number of aromatic hydroxyl groups is 1. The second-order valence-corrected chi connectivity index (χ2v) is 9.00. The molecule has 3 heterocycles. The first-order valence-corrected chi connectivity index (χ1v) is 10.4. The maximum Gasteiger partial charge on any atom is 0.224 e. The van der Waals surface area contributed by atoms with Crippen LogP contribution in [0.4, 0.5) is 5.69 Å². The van der Waals surface area contributed by atoms with E-state index in [1.807, 2.05) is 11.0 Å². The zero-order chi connectivity index (χ0) is 19.0. The number of rotatable bonds is 2. The molecule has 0 unspecified atom stereocenters. The molecule has 5 heteroatoms. The molecule has 1 saturated carbocycles. The summed E-state index contributed by atoms with van der Waals surface area (Å²) in [5.74, 6) is 0.612. The van der Waals surface area contributed by atoms with Crippen molar-refractivity contribution in [2.24, 2.45) is 5.41 Å². The molecule has 3 aliphatic heterocycles. The van der Waals surface area contributed by atoms with Crippen molar-refractivity contribution in [1.29, 1.82) is 0 Å². The van der Waals surface area contributed by atoms with E-state index in [1.165, 1.54) is 37.8 Å². The van der Waals surface area contributed by atoms with Gasteiger partial charge in [-0.1, -0.05) is 13.0 Å². The Morgan fingerprint density at radius 1 is 1.30 bits per heavy atom. The molecule has 1 amide bonds. The van der Waals surface area contributed by atoms with Gasteiger partial charge in [0.15, 0.2) is 11.5 Å². The number of phenols is 1. The number of benzene rings is 1. The predicted molar refractivity (Wildman–Crippen MR) is 104 cm³/mol. The largest absolute Gasteiger partial charge is 0.503 e. The molecule has 1 aromatic carbocycles. The lowest BCUT2D eigenvalue weighted by Gasteiger charge is -2.58. The van der Waals surface area contributed by atoms with Gasteiger partial charge in [-0.2, -0.15) is 0 Å². The lowest BCUT2D eigenvalue weighted by Crippen LogP contribution is -2.65. The molecule has 1 aliphatic carbocycles. The zero-order valence-corrected chi connectivity index (χ0v) is 16.6. The SMILES string of the molecule is CC[C@@]12CCCN3CC[C@]4(c5ccc(OC)c(O)c5N(C(C)=O)[C@@H]4CC1)[C@H]32. The standard InChI is InChI=1S/C22H30N2O3/c1-4-21-9-5-12-23-13-11-22(20(21)23)15-6-7-16(27-3)19(26)18(15)24(14(2)25)17(22)8-10-21/h6-7,17,20,26H,4-5,8-13H2,1-3H3/t17-,20-,21-,22-/m1/s1. The monoisotopic (exact) mass is 370 g/mol. The molecule has 1 aromatic rings. The van der Waals surface area contributed by atoms with E-state index in [1.54, 1.807) is 14.0 Å². The minimum Gasteiger partial charge on any atom is -0.503 e. The molecule has 1 spiro atoms. The fourth-order valence-electron chi connectivity index (χ4n) is 7.40. The summed E-state index contributed by atoms with van der Waals surface area (Å²) in [4.78, 5) is 17.4. The van der Waals surface area contributed by atoms with Gasteiger partial charge < -0.3 is 14.7 Å². The van der Waals surface area contributed by atoms with Crippen molar-refractivity contribution in [3.8, 4) is 11.5 Å². The molecule has 5 rings (SSSR count). The fourth-order valence-corrected chi connectivity index (χ4v) is 7.40. The second-order valence-electron chi connectivity index (χ2n) is 9.00. The van der Waals surface area contributed by atoms with Crippen molar-refractivity contribution < 1.29 is 14.6 Å². The highest BCUT2D eigenvalue weighted by Crippen LogP contribution is 2.67. The summed E-state index contributed by atoms with van der Waals surface area (Å²) in [6.07, 6.45) is 7.03. The normalized spacial score (nSPS) is 36.9. The summed E-state index contributed by atoms with van der Waals surface area (Å²) < 4.78 is 5.38. The van der Waals surface area contributed by atoms with E-state index in [9.17, 15) is 9.90 Å².